The average molecular weight is 306 g/mol. The second-order valence-corrected chi connectivity index (χ2v) is 5.48. The van der Waals surface area contributed by atoms with Crippen molar-refractivity contribution in [2.24, 2.45) is 0 Å². The van der Waals surface area contributed by atoms with Crippen molar-refractivity contribution in [1.29, 1.82) is 0 Å². The van der Waals surface area contributed by atoms with E-state index in [-0.39, 0.29) is 6.10 Å². The minimum atomic E-state index is 0.0684. The summed E-state index contributed by atoms with van der Waals surface area (Å²) in [6.45, 7) is 6.08. The van der Waals surface area contributed by atoms with Crippen LogP contribution in [0.1, 0.15) is 42.3 Å². The molecule has 1 unspecified atom stereocenters. The molecule has 2 rings (SSSR count). The lowest BCUT2D eigenvalue weighted by atomic mass is 10.0. The van der Waals surface area contributed by atoms with Crippen LogP contribution < -0.4 is 4.74 Å². The molecule has 2 nitrogen and oxygen atoms in total. The smallest absolute Gasteiger partial charge is 0.150 e. The van der Waals surface area contributed by atoms with Crippen molar-refractivity contribution in [2.75, 3.05) is 0 Å². The molecule has 0 heterocycles. The zero-order chi connectivity index (χ0) is 16.7. The van der Waals surface area contributed by atoms with E-state index < -0.39 is 0 Å². The van der Waals surface area contributed by atoms with E-state index in [0.717, 1.165) is 28.7 Å². The predicted molar refractivity (Wildman–Crippen MR) is 96.7 cm³/mol. The molecule has 1 atom stereocenters. The van der Waals surface area contributed by atoms with Crippen molar-refractivity contribution in [2.45, 2.75) is 26.9 Å². The number of hydrogen-bond donors (Lipinski definition) is 0. The summed E-state index contributed by atoms with van der Waals surface area (Å²) in [7, 11) is 0. The number of hydrogen-bond acceptors (Lipinski definition) is 2. The number of aldehydes is 1. The largest absolute Gasteiger partial charge is 0.487 e. The van der Waals surface area contributed by atoms with Crippen LogP contribution in [0.15, 0.2) is 60.7 Å². The Hall–Kier alpha value is -2.61. The maximum Gasteiger partial charge on any atom is 0.150 e. The Morgan fingerprint density at radius 2 is 1.61 bits per heavy atom. The van der Waals surface area contributed by atoms with E-state index in [1.165, 1.54) is 0 Å². The maximum atomic E-state index is 10.7. The van der Waals surface area contributed by atoms with E-state index in [1.807, 2.05) is 62.4 Å². The molecule has 0 N–H and O–H groups in total. The van der Waals surface area contributed by atoms with Crippen molar-refractivity contribution in [3.8, 4) is 5.75 Å². The summed E-state index contributed by atoms with van der Waals surface area (Å²) >= 11 is 0. The highest BCUT2D eigenvalue weighted by atomic mass is 16.5. The molecule has 0 aliphatic rings. The molecule has 0 aliphatic heterocycles. The third kappa shape index (κ3) is 4.96. The fourth-order valence-electron chi connectivity index (χ4n) is 2.33. The highest BCUT2D eigenvalue weighted by Crippen LogP contribution is 2.21. The number of carbonyl (C=O) groups is 1. The fraction of sp³-hybridized carbons (Fsp3) is 0.190. The van der Waals surface area contributed by atoms with Gasteiger partial charge < -0.3 is 4.74 Å². The molecule has 0 aliphatic carbocycles. The molecule has 0 radical (unpaired) electrons. The summed E-state index contributed by atoms with van der Waals surface area (Å²) < 4.78 is 5.79. The molecule has 2 heteroatoms. The monoisotopic (exact) mass is 306 g/mol. The second kappa shape index (κ2) is 8.14. The molecule has 0 aromatic heterocycles. The predicted octanol–water partition coefficient (Wildman–Crippen LogP) is 5.40. The zero-order valence-electron chi connectivity index (χ0n) is 13.8. The summed E-state index contributed by atoms with van der Waals surface area (Å²) in [5.74, 6) is 0.863. The van der Waals surface area contributed by atoms with Gasteiger partial charge in [-0.1, -0.05) is 48.6 Å². The summed E-state index contributed by atoms with van der Waals surface area (Å²) in [6, 6.07) is 15.6. The minimum absolute atomic E-state index is 0.0684. The Kier molecular flexibility index (Phi) is 5.93. The Bertz CT molecular complexity index is 692. The van der Waals surface area contributed by atoms with E-state index in [0.29, 0.717) is 5.56 Å². The van der Waals surface area contributed by atoms with E-state index in [2.05, 4.69) is 25.1 Å². The van der Waals surface area contributed by atoms with Gasteiger partial charge >= 0.3 is 0 Å². The summed E-state index contributed by atoms with van der Waals surface area (Å²) in [6.07, 6.45) is 7.03. The molecule has 2 aromatic carbocycles. The molecule has 0 saturated heterocycles. The van der Waals surface area contributed by atoms with Gasteiger partial charge in [-0.15, -0.1) is 0 Å². The van der Waals surface area contributed by atoms with E-state index in [4.69, 9.17) is 4.74 Å². The van der Waals surface area contributed by atoms with Gasteiger partial charge in [-0.3, -0.25) is 4.79 Å². The standard InChI is InChI=1S/C21H22O2/c1-4-5-17(3)23-21-12-10-20(11-13-21)16(2)14-18-6-8-19(15-22)9-7-18/h4-15,17H,1-3H3/b5-4?,16-14+. The molecular formula is C21H22O2. The van der Waals surface area contributed by atoms with Crippen LogP contribution in [-0.2, 0) is 0 Å². The van der Waals surface area contributed by atoms with Crippen molar-refractivity contribution in [3.05, 3.63) is 77.4 Å². The van der Waals surface area contributed by atoms with Crippen molar-refractivity contribution < 1.29 is 9.53 Å². The minimum Gasteiger partial charge on any atom is -0.487 e. The molecular weight excluding hydrogens is 284 g/mol. The van der Waals surface area contributed by atoms with Crippen LogP contribution in [-0.4, -0.2) is 12.4 Å². The first-order valence-electron chi connectivity index (χ1n) is 7.76. The van der Waals surface area contributed by atoms with Crippen molar-refractivity contribution in [1.82, 2.24) is 0 Å². The van der Waals surface area contributed by atoms with E-state index in [9.17, 15) is 4.79 Å². The van der Waals surface area contributed by atoms with Gasteiger partial charge in [-0.2, -0.15) is 0 Å². The zero-order valence-corrected chi connectivity index (χ0v) is 13.8. The molecule has 0 fully saturated rings. The Labute approximate surface area is 138 Å². The van der Waals surface area contributed by atoms with Gasteiger partial charge in [0.15, 0.2) is 0 Å². The molecule has 0 saturated carbocycles. The van der Waals surface area contributed by atoms with Crippen LogP contribution in [0.2, 0.25) is 0 Å². The molecule has 2 aromatic rings. The first-order chi connectivity index (χ1) is 11.1. The van der Waals surface area contributed by atoms with Gasteiger partial charge in [0.05, 0.1) is 0 Å². The van der Waals surface area contributed by atoms with Crippen LogP contribution in [0, 0.1) is 0 Å². The quantitative estimate of drug-likeness (QED) is 0.405. The average Bonchev–Trinajstić information content (AvgIpc) is 2.56. The number of carbonyl (C=O) groups excluding carboxylic acids is 1. The van der Waals surface area contributed by atoms with Crippen LogP contribution in [0.3, 0.4) is 0 Å². The SMILES string of the molecule is CC=CC(C)Oc1ccc(/C(C)=C/c2ccc(C=O)cc2)cc1. The molecule has 0 bridgehead atoms. The van der Waals surface area contributed by atoms with Crippen molar-refractivity contribution >= 4 is 17.9 Å². The van der Waals surface area contributed by atoms with E-state index >= 15 is 0 Å². The van der Waals surface area contributed by atoms with Gasteiger partial charge in [0.25, 0.3) is 0 Å². The summed E-state index contributed by atoms with van der Waals surface area (Å²) in [5, 5.41) is 0. The van der Waals surface area contributed by atoms with E-state index in [1.54, 1.807) is 0 Å². The van der Waals surface area contributed by atoms with Gasteiger partial charge in [-0.05, 0) is 55.7 Å². The first-order valence-corrected chi connectivity index (χ1v) is 7.76. The molecule has 0 spiro atoms. The highest BCUT2D eigenvalue weighted by Gasteiger charge is 2.01. The van der Waals surface area contributed by atoms with Crippen molar-refractivity contribution in [3.63, 3.8) is 0 Å². The van der Waals surface area contributed by atoms with Gasteiger partial charge in [0, 0.05) is 5.56 Å². The van der Waals surface area contributed by atoms with Gasteiger partial charge in [0.1, 0.15) is 18.1 Å². The summed E-state index contributed by atoms with van der Waals surface area (Å²) in [5.41, 5.74) is 4.08. The topological polar surface area (TPSA) is 26.3 Å². The Morgan fingerprint density at radius 1 is 1.00 bits per heavy atom. The first kappa shape index (κ1) is 16.8. The lowest BCUT2D eigenvalue weighted by molar-refractivity contribution is 0.112. The van der Waals surface area contributed by atoms with Crippen LogP contribution in [0.5, 0.6) is 5.75 Å². The van der Waals surface area contributed by atoms with Gasteiger partial charge in [-0.25, -0.2) is 0 Å². The lowest BCUT2D eigenvalue weighted by Gasteiger charge is -2.11. The number of rotatable bonds is 6. The molecule has 118 valence electrons. The van der Waals surface area contributed by atoms with Crippen LogP contribution >= 0.6 is 0 Å². The maximum absolute atomic E-state index is 10.7. The fourth-order valence-corrected chi connectivity index (χ4v) is 2.33. The lowest BCUT2D eigenvalue weighted by Crippen LogP contribution is -2.07. The highest BCUT2D eigenvalue weighted by molar-refractivity contribution is 5.81. The Morgan fingerprint density at radius 3 is 2.17 bits per heavy atom. The Balaban J connectivity index is 2.10. The third-order valence-electron chi connectivity index (χ3n) is 3.55. The summed E-state index contributed by atoms with van der Waals surface area (Å²) in [4.78, 5) is 10.7. The number of allylic oxidation sites excluding steroid dienone is 2. The molecule has 23 heavy (non-hydrogen) atoms. The van der Waals surface area contributed by atoms with Crippen LogP contribution in [0.4, 0.5) is 0 Å². The normalized spacial score (nSPS) is 13.1. The number of ether oxygens (including phenoxy) is 1. The molecule has 0 amide bonds. The van der Waals surface area contributed by atoms with Crippen LogP contribution in [0.25, 0.3) is 11.6 Å². The third-order valence-corrected chi connectivity index (χ3v) is 3.55. The number of benzene rings is 2. The van der Waals surface area contributed by atoms with Gasteiger partial charge in [0.2, 0.25) is 0 Å². The second-order valence-electron chi connectivity index (χ2n) is 5.48.